The number of nitrogens with one attached hydrogen (secondary N) is 1. The minimum atomic E-state index is -0.218. The van der Waals surface area contributed by atoms with Crippen LogP contribution in [0.2, 0.25) is 0 Å². The summed E-state index contributed by atoms with van der Waals surface area (Å²) in [6.45, 7) is 10.3. The van der Waals surface area contributed by atoms with Crippen molar-refractivity contribution in [2.45, 2.75) is 59.4 Å². The molecule has 0 saturated carbocycles. The Labute approximate surface area is 98.8 Å². The number of halogens is 1. The fourth-order valence-electron chi connectivity index (χ4n) is 1.47. The Hall–Kier alpha value is -0.240. The van der Waals surface area contributed by atoms with Gasteiger partial charge in [0, 0.05) is 12.3 Å². The van der Waals surface area contributed by atoms with Gasteiger partial charge < -0.3 is 5.32 Å². The summed E-state index contributed by atoms with van der Waals surface area (Å²) in [6, 6.07) is 0. The van der Waals surface area contributed by atoms with Gasteiger partial charge in [-0.15, -0.1) is 11.6 Å². The van der Waals surface area contributed by atoms with Crippen molar-refractivity contribution in [2.75, 3.05) is 5.88 Å². The average Bonchev–Trinajstić information content (AvgIpc) is 2.11. The molecule has 0 aliphatic rings. The van der Waals surface area contributed by atoms with Crippen molar-refractivity contribution in [1.82, 2.24) is 5.32 Å². The number of alkyl halides is 1. The van der Waals surface area contributed by atoms with Crippen LogP contribution in [0, 0.1) is 5.41 Å². The molecule has 0 fully saturated rings. The third kappa shape index (κ3) is 5.41. The summed E-state index contributed by atoms with van der Waals surface area (Å²) < 4.78 is 0. The Kier molecular flexibility index (Phi) is 5.65. The van der Waals surface area contributed by atoms with E-state index < -0.39 is 0 Å². The van der Waals surface area contributed by atoms with Crippen molar-refractivity contribution in [1.29, 1.82) is 0 Å². The summed E-state index contributed by atoms with van der Waals surface area (Å²) in [4.78, 5) is 11.8. The second kappa shape index (κ2) is 5.74. The third-order valence-corrected chi connectivity index (χ3v) is 3.22. The first-order valence-corrected chi connectivity index (χ1v) is 6.19. The predicted octanol–water partition coefficient (Wildman–Crippen LogP) is 3.34. The Morgan fingerprint density at radius 2 is 1.67 bits per heavy atom. The molecule has 90 valence electrons. The van der Waals surface area contributed by atoms with Crippen molar-refractivity contribution >= 4 is 17.5 Å². The third-order valence-electron chi connectivity index (χ3n) is 2.70. The van der Waals surface area contributed by atoms with E-state index in [0.29, 0.717) is 12.3 Å². The fourth-order valence-corrected chi connectivity index (χ4v) is 1.92. The highest BCUT2D eigenvalue weighted by atomic mass is 35.5. The number of hydrogen-bond acceptors (Lipinski definition) is 1. The molecule has 0 atom stereocenters. The van der Waals surface area contributed by atoms with Crippen LogP contribution in [0.25, 0.3) is 0 Å². The lowest BCUT2D eigenvalue weighted by Crippen LogP contribution is -2.49. The molecule has 0 saturated heterocycles. The van der Waals surface area contributed by atoms with Gasteiger partial charge in [0.1, 0.15) is 0 Å². The number of rotatable bonds is 5. The standard InChI is InChI=1S/C12H24ClNO/c1-6-12(7-2,9-13)14-10(15)8-11(3,4)5/h6-9H2,1-5H3,(H,14,15). The maximum Gasteiger partial charge on any atom is 0.220 e. The molecule has 1 amide bonds. The molecule has 3 heteroatoms. The zero-order valence-corrected chi connectivity index (χ0v) is 11.4. The topological polar surface area (TPSA) is 29.1 Å². The summed E-state index contributed by atoms with van der Waals surface area (Å²) in [5, 5.41) is 3.07. The summed E-state index contributed by atoms with van der Waals surface area (Å²) in [6.07, 6.45) is 2.30. The molecule has 0 aliphatic carbocycles. The van der Waals surface area contributed by atoms with Crippen LogP contribution in [0.3, 0.4) is 0 Å². The number of carbonyl (C=O) groups is 1. The van der Waals surface area contributed by atoms with E-state index in [4.69, 9.17) is 11.6 Å². The van der Waals surface area contributed by atoms with Crippen LogP contribution in [0.1, 0.15) is 53.9 Å². The molecule has 0 heterocycles. The first-order chi connectivity index (χ1) is 6.78. The van der Waals surface area contributed by atoms with Crippen molar-refractivity contribution in [3.05, 3.63) is 0 Å². The van der Waals surface area contributed by atoms with Crippen LogP contribution in [-0.4, -0.2) is 17.3 Å². The van der Waals surface area contributed by atoms with E-state index in [0.717, 1.165) is 12.8 Å². The summed E-state index contributed by atoms with van der Waals surface area (Å²) in [5.41, 5.74) is -0.187. The summed E-state index contributed by atoms with van der Waals surface area (Å²) in [7, 11) is 0. The Morgan fingerprint density at radius 3 is 1.93 bits per heavy atom. The minimum absolute atomic E-state index is 0.0314. The van der Waals surface area contributed by atoms with Crippen LogP contribution < -0.4 is 5.32 Å². The lowest BCUT2D eigenvalue weighted by atomic mass is 9.90. The highest BCUT2D eigenvalue weighted by Crippen LogP contribution is 2.21. The van der Waals surface area contributed by atoms with Gasteiger partial charge in [-0.05, 0) is 18.3 Å². The second-order valence-corrected chi connectivity index (χ2v) is 5.67. The van der Waals surface area contributed by atoms with Gasteiger partial charge >= 0.3 is 0 Å². The highest BCUT2D eigenvalue weighted by molar-refractivity contribution is 6.18. The zero-order chi connectivity index (χ0) is 12.1. The molecule has 0 aliphatic heterocycles. The molecule has 1 N–H and O–H groups in total. The van der Waals surface area contributed by atoms with Gasteiger partial charge in [-0.2, -0.15) is 0 Å². The molecule has 0 aromatic carbocycles. The monoisotopic (exact) mass is 233 g/mol. The number of amides is 1. The molecule has 0 spiro atoms. The van der Waals surface area contributed by atoms with Crippen LogP contribution >= 0.6 is 11.6 Å². The van der Waals surface area contributed by atoms with Gasteiger partial charge in [0.2, 0.25) is 5.91 Å². The van der Waals surface area contributed by atoms with Crippen molar-refractivity contribution in [3.8, 4) is 0 Å². The van der Waals surface area contributed by atoms with Crippen LogP contribution in [0.5, 0.6) is 0 Å². The molecule has 0 aromatic heterocycles. The van der Waals surface area contributed by atoms with E-state index in [-0.39, 0.29) is 16.9 Å². The quantitative estimate of drug-likeness (QED) is 0.726. The smallest absolute Gasteiger partial charge is 0.220 e. The van der Waals surface area contributed by atoms with Crippen LogP contribution in [0.15, 0.2) is 0 Å². The molecular formula is C12H24ClNO. The molecule has 0 aromatic rings. The average molecular weight is 234 g/mol. The Bertz CT molecular complexity index is 196. The molecule has 2 nitrogen and oxygen atoms in total. The Balaban J connectivity index is 4.36. The van der Waals surface area contributed by atoms with E-state index in [9.17, 15) is 4.79 Å². The lowest BCUT2D eigenvalue weighted by molar-refractivity contribution is -0.124. The van der Waals surface area contributed by atoms with Crippen molar-refractivity contribution in [2.24, 2.45) is 5.41 Å². The normalized spacial score (nSPS) is 12.7. The summed E-state index contributed by atoms with van der Waals surface area (Å²) in [5.74, 6) is 0.586. The van der Waals surface area contributed by atoms with Gasteiger partial charge in [0.05, 0.1) is 5.54 Å². The van der Waals surface area contributed by atoms with Gasteiger partial charge in [-0.1, -0.05) is 34.6 Å². The van der Waals surface area contributed by atoms with E-state index in [1.807, 2.05) is 0 Å². The molecule has 0 rings (SSSR count). The lowest BCUT2D eigenvalue weighted by Gasteiger charge is -2.32. The van der Waals surface area contributed by atoms with Crippen LogP contribution in [0.4, 0.5) is 0 Å². The molecule has 15 heavy (non-hydrogen) atoms. The zero-order valence-electron chi connectivity index (χ0n) is 10.6. The first-order valence-electron chi connectivity index (χ1n) is 5.65. The van der Waals surface area contributed by atoms with E-state index in [1.165, 1.54) is 0 Å². The largest absolute Gasteiger partial charge is 0.349 e. The van der Waals surface area contributed by atoms with Crippen molar-refractivity contribution in [3.63, 3.8) is 0 Å². The van der Waals surface area contributed by atoms with E-state index in [2.05, 4.69) is 39.9 Å². The first kappa shape index (κ1) is 14.8. The summed E-state index contributed by atoms with van der Waals surface area (Å²) >= 11 is 5.93. The van der Waals surface area contributed by atoms with Crippen molar-refractivity contribution < 1.29 is 4.79 Å². The SMILES string of the molecule is CCC(CC)(CCl)NC(=O)CC(C)(C)C. The van der Waals surface area contributed by atoms with Gasteiger partial charge in [-0.3, -0.25) is 4.79 Å². The number of carbonyl (C=O) groups excluding carboxylic acids is 1. The highest BCUT2D eigenvalue weighted by Gasteiger charge is 2.28. The molecule has 0 radical (unpaired) electrons. The minimum Gasteiger partial charge on any atom is -0.349 e. The second-order valence-electron chi connectivity index (χ2n) is 5.41. The molecule has 0 bridgehead atoms. The predicted molar refractivity (Wildman–Crippen MR) is 66.2 cm³/mol. The molecule has 0 unspecified atom stereocenters. The number of hydrogen-bond donors (Lipinski definition) is 1. The maximum absolute atomic E-state index is 11.8. The van der Waals surface area contributed by atoms with Gasteiger partial charge in [-0.25, -0.2) is 0 Å². The van der Waals surface area contributed by atoms with E-state index >= 15 is 0 Å². The van der Waals surface area contributed by atoms with Crippen LogP contribution in [-0.2, 0) is 4.79 Å². The fraction of sp³-hybridized carbons (Fsp3) is 0.917. The maximum atomic E-state index is 11.8. The Morgan fingerprint density at radius 1 is 1.20 bits per heavy atom. The molecular weight excluding hydrogens is 210 g/mol. The van der Waals surface area contributed by atoms with Gasteiger partial charge in [0.15, 0.2) is 0 Å². The van der Waals surface area contributed by atoms with E-state index in [1.54, 1.807) is 0 Å². The van der Waals surface area contributed by atoms with Gasteiger partial charge in [0.25, 0.3) is 0 Å².